The fourth-order valence-electron chi connectivity index (χ4n) is 1.92. The maximum Gasteiger partial charge on any atom is 0.417 e. The molecule has 27 heavy (non-hydrogen) atoms. The molecule has 1 aromatic heterocycles. The van der Waals surface area contributed by atoms with Gasteiger partial charge >= 0.3 is 6.18 Å². The number of benzene rings is 1. The van der Waals surface area contributed by atoms with E-state index in [1.807, 2.05) is 0 Å². The number of carbonyl (C=O) groups is 1. The van der Waals surface area contributed by atoms with Crippen LogP contribution in [0, 0.1) is 0 Å². The monoisotopic (exact) mass is 441 g/mol. The third kappa shape index (κ3) is 5.10. The smallest absolute Gasteiger partial charge is 0.299 e. The van der Waals surface area contributed by atoms with Crippen LogP contribution in [0.5, 0.6) is 0 Å². The summed E-state index contributed by atoms with van der Waals surface area (Å²) in [6.07, 6.45) is -3.52. The Morgan fingerprint density at radius 1 is 1.30 bits per heavy atom. The first-order chi connectivity index (χ1) is 12.5. The van der Waals surface area contributed by atoms with Crippen LogP contribution in [0.15, 0.2) is 35.4 Å². The molecule has 0 aliphatic carbocycles. The number of rotatable bonds is 5. The molecule has 0 saturated heterocycles. The molecule has 1 unspecified atom stereocenters. The molecule has 0 saturated carbocycles. The number of amides is 1. The molecule has 2 aromatic rings. The number of nitrogens with one attached hydrogen (secondary N) is 1. The molecule has 1 heterocycles. The lowest BCUT2D eigenvalue weighted by Crippen LogP contribution is -2.27. The number of hydrogen-bond donors (Lipinski definition) is 1. The fraction of sp³-hybridized carbons (Fsp3) is 0.200. The van der Waals surface area contributed by atoms with Crippen molar-refractivity contribution in [2.75, 3.05) is 18.9 Å². The summed E-state index contributed by atoms with van der Waals surface area (Å²) in [5, 5.41) is 0.470. The van der Waals surface area contributed by atoms with Crippen molar-refractivity contribution in [3.63, 3.8) is 0 Å². The van der Waals surface area contributed by atoms with Crippen molar-refractivity contribution in [2.24, 2.45) is 0 Å². The van der Waals surface area contributed by atoms with Crippen LogP contribution in [0.3, 0.4) is 0 Å². The van der Waals surface area contributed by atoms with Gasteiger partial charge in [-0.15, -0.1) is 0 Å². The van der Waals surface area contributed by atoms with E-state index in [0.29, 0.717) is 6.07 Å². The van der Waals surface area contributed by atoms with Crippen molar-refractivity contribution in [1.29, 1.82) is 0 Å². The predicted molar refractivity (Wildman–Crippen MR) is 94.8 cm³/mol. The molecule has 0 radical (unpaired) electrons. The third-order valence-corrected chi connectivity index (χ3v) is 4.90. The van der Waals surface area contributed by atoms with Crippen LogP contribution in [-0.4, -0.2) is 34.3 Å². The van der Waals surface area contributed by atoms with Gasteiger partial charge in [0, 0.05) is 13.2 Å². The second kappa shape index (κ2) is 8.42. The van der Waals surface area contributed by atoms with E-state index in [0.717, 1.165) is 11.1 Å². The van der Waals surface area contributed by atoms with E-state index in [1.54, 1.807) is 0 Å². The summed E-state index contributed by atoms with van der Waals surface area (Å²) in [6, 6.07) is 4.08. The van der Waals surface area contributed by atoms with Crippen LogP contribution in [-0.2, 0) is 22.0 Å². The second-order valence-electron chi connectivity index (χ2n) is 5.05. The van der Waals surface area contributed by atoms with Crippen LogP contribution in [0.1, 0.15) is 16.1 Å². The Morgan fingerprint density at radius 2 is 1.96 bits per heavy atom. The third-order valence-electron chi connectivity index (χ3n) is 3.28. The van der Waals surface area contributed by atoms with Crippen LogP contribution in [0.2, 0.25) is 10.0 Å². The summed E-state index contributed by atoms with van der Waals surface area (Å²) in [6.45, 7) is 0. The zero-order chi connectivity index (χ0) is 20.4. The average molecular weight is 442 g/mol. The van der Waals surface area contributed by atoms with Gasteiger partial charge in [0.1, 0.15) is 11.0 Å². The van der Waals surface area contributed by atoms with E-state index in [-0.39, 0.29) is 21.3 Å². The largest absolute Gasteiger partial charge is 0.417 e. The molecule has 12 heteroatoms. The van der Waals surface area contributed by atoms with Gasteiger partial charge in [-0.05, 0) is 24.3 Å². The molecule has 0 bridgehead atoms. The summed E-state index contributed by atoms with van der Waals surface area (Å²) < 4.78 is 53.9. The lowest BCUT2D eigenvalue weighted by atomic mass is 10.2. The average Bonchev–Trinajstić information content (AvgIpc) is 2.59. The molecule has 0 fully saturated rings. The number of hydroxylamine groups is 2. The SMILES string of the molecule is CON(C)C(=O)c1ncc(Cl)cc1NS(=O)c1ccc(Cl)c(C(F)(F)F)c1. The van der Waals surface area contributed by atoms with Crippen molar-refractivity contribution in [2.45, 2.75) is 11.1 Å². The van der Waals surface area contributed by atoms with Crippen LogP contribution in [0.25, 0.3) is 0 Å². The van der Waals surface area contributed by atoms with E-state index in [2.05, 4.69) is 9.71 Å². The summed E-state index contributed by atoms with van der Waals surface area (Å²) in [7, 11) is 0.426. The number of nitrogens with zero attached hydrogens (tertiary/aromatic N) is 2. The first-order valence-electron chi connectivity index (χ1n) is 7.07. The van der Waals surface area contributed by atoms with Gasteiger partial charge in [0.15, 0.2) is 5.69 Å². The zero-order valence-corrected chi connectivity index (χ0v) is 16.1. The van der Waals surface area contributed by atoms with Crippen molar-refractivity contribution in [3.8, 4) is 0 Å². The first kappa shape index (κ1) is 21.4. The lowest BCUT2D eigenvalue weighted by Gasteiger charge is -2.16. The Hall–Kier alpha value is -1.88. The van der Waals surface area contributed by atoms with Crippen molar-refractivity contribution < 1.29 is 27.0 Å². The first-order valence-corrected chi connectivity index (χ1v) is 8.98. The lowest BCUT2D eigenvalue weighted by molar-refractivity contribution is -0.137. The maximum atomic E-state index is 13.0. The van der Waals surface area contributed by atoms with Gasteiger partial charge in [-0.25, -0.2) is 14.3 Å². The molecule has 0 spiro atoms. The molecular formula is C15H12Cl2F3N3O3S. The molecule has 0 aliphatic rings. The van der Waals surface area contributed by atoms with Gasteiger partial charge in [0.2, 0.25) is 0 Å². The molecule has 1 aromatic carbocycles. The highest BCUT2D eigenvalue weighted by molar-refractivity contribution is 7.86. The number of alkyl halides is 3. The zero-order valence-electron chi connectivity index (χ0n) is 13.8. The Balaban J connectivity index is 2.39. The second-order valence-corrected chi connectivity index (χ2v) is 7.10. The highest BCUT2D eigenvalue weighted by Crippen LogP contribution is 2.36. The fourth-order valence-corrected chi connectivity index (χ4v) is 3.19. The highest BCUT2D eigenvalue weighted by atomic mass is 35.5. The molecule has 1 N–H and O–H groups in total. The van der Waals surface area contributed by atoms with Crippen molar-refractivity contribution >= 4 is 45.8 Å². The summed E-state index contributed by atoms with van der Waals surface area (Å²) in [5.41, 5.74) is -1.35. The van der Waals surface area contributed by atoms with Crippen molar-refractivity contribution in [1.82, 2.24) is 10.0 Å². The molecular weight excluding hydrogens is 430 g/mol. The van der Waals surface area contributed by atoms with E-state index in [1.165, 1.54) is 32.5 Å². The quantitative estimate of drug-likeness (QED) is 0.706. The number of hydrogen-bond acceptors (Lipinski definition) is 4. The van der Waals surface area contributed by atoms with E-state index >= 15 is 0 Å². The van der Waals surface area contributed by atoms with Gasteiger partial charge < -0.3 is 0 Å². The molecule has 1 atom stereocenters. The van der Waals surface area contributed by atoms with Crippen LogP contribution >= 0.6 is 23.2 Å². The summed E-state index contributed by atoms with van der Waals surface area (Å²) in [4.78, 5) is 20.7. The maximum absolute atomic E-state index is 13.0. The van der Waals surface area contributed by atoms with E-state index in [4.69, 9.17) is 28.0 Å². The minimum Gasteiger partial charge on any atom is -0.299 e. The van der Waals surface area contributed by atoms with Gasteiger partial charge in [0.25, 0.3) is 5.91 Å². The van der Waals surface area contributed by atoms with Gasteiger partial charge in [-0.1, -0.05) is 23.2 Å². The van der Waals surface area contributed by atoms with Crippen molar-refractivity contribution in [3.05, 3.63) is 51.8 Å². The topological polar surface area (TPSA) is 71.5 Å². The number of halogens is 5. The Bertz CT molecular complexity index is 896. The van der Waals surface area contributed by atoms with Crippen LogP contribution < -0.4 is 4.72 Å². The number of carbonyl (C=O) groups excluding carboxylic acids is 1. The molecule has 2 rings (SSSR count). The molecule has 0 aliphatic heterocycles. The number of anilines is 1. The molecule has 146 valence electrons. The van der Waals surface area contributed by atoms with E-state index in [9.17, 15) is 22.2 Å². The Morgan fingerprint density at radius 3 is 2.56 bits per heavy atom. The number of aromatic nitrogens is 1. The summed E-state index contributed by atoms with van der Waals surface area (Å²) >= 11 is 11.4. The van der Waals surface area contributed by atoms with Crippen LogP contribution in [0.4, 0.5) is 18.9 Å². The standard InChI is InChI=1S/C15H12Cl2F3N3O3S/c1-23(26-2)14(24)13-12(5-8(16)7-21-13)22-27(25)9-3-4-11(17)10(6-9)15(18,19)20/h3-7,22H,1-2H3. The minimum atomic E-state index is -4.71. The highest BCUT2D eigenvalue weighted by Gasteiger charge is 2.34. The predicted octanol–water partition coefficient (Wildman–Crippen LogP) is 4.18. The normalized spacial score (nSPS) is 12.6. The minimum absolute atomic E-state index is 0.0433. The Kier molecular flexibility index (Phi) is 6.68. The van der Waals surface area contributed by atoms with Gasteiger partial charge in [-0.3, -0.25) is 14.4 Å². The Labute approximate surface area is 164 Å². The van der Waals surface area contributed by atoms with E-state index < -0.39 is 33.7 Å². The van der Waals surface area contributed by atoms with Gasteiger partial charge in [-0.2, -0.15) is 13.2 Å². The molecule has 6 nitrogen and oxygen atoms in total. The van der Waals surface area contributed by atoms with Gasteiger partial charge in [0.05, 0.1) is 33.3 Å². The number of pyridine rings is 1. The summed E-state index contributed by atoms with van der Waals surface area (Å²) in [5.74, 6) is -0.680. The molecule has 1 amide bonds.